The van der Waals surface area contributed by atoms with Crippen molar-refractivity contribution in [3.63, 3.8) is 0 Å². The Balaban J connectivity index is 1.51. The second-order valence-electron chi connectivity index (χ2n) is 6.77. The van der Waals surface area contributed by atoms with Crippen molar-refractivity contribution in [1.29, 1.82) is 0 Å². The van der Waals surface area contributed by atoms with Gasteiger partial charge in [0.25, 0.3) is 17.4 Å². The van der Waals surface area contributed by atoms with Crippen molar-refractivity contribution in [2.75, 3.05) is 31.6 Å². The van der Waals surface area contributed by atoms with Crippen LogP contribution in [-0.2, 0) is 4.74 Å². The maximum atomic E-state index is 12.8. The number of carbonyl (C=O) groups excluding carboxylic acids is 2. The van der Waals surface area contributed by atoms with Crippen molar-refractivity contribution in [2.45, 2.75) is 6.92 Å². The van der Waals surface area contributed by atoms with Gasteiger partial charge in [-0.15, -0.1) is 0 Å². The van der Waals surface area contributed by atoms with Gasteiger partial charge in [-0.3, -0.25) is 14.4 Å². The van der Waals surface area contributed by atoms with E-state index in [0.717, 1.165) is 0 Å². The molecule has 1 aliphatic heterocycles. The Morgan fingerprint density at radius 2 is 1.97 bits per heavy atom. The van der Waals surface area contributed by atoms with E-state index in [0.29, 0.717) is 54.6 Å². The van der Waals surface area contributed by atoms with Crippen LogP contribution >= 0.6 is 0 Å². The van der Waals surface area contributed by atoms with Crippen LogP contribution in [0.5, 0.6) is 0 Å². The van der Waals surface area contributed by atoms with Gasteiger partial charge in [-0.05, 0) is 31.2 Å². The number of aromatic nitrogens is 4. The molecule has 0 saturated carbocycles. The number of hydrogen-bond acceptors (Lipinski definition) is 6. The van der Waals surface area contributed by atoms with Crippen molar-refractivity contribution >= 4 is 17.5 Å². The summed E-state index contributed by atoms with van der Waals surface area (Å²) in [5.74, 6) is -0.0639. The number of nitrogens with zero attached hydrogens (tertiary/aromatic N) is 4. The third-order valence-corrected chi connectivity index (χ3v) is 4.80. The average molecular weight is 408 g/mol. The standard InChI is InChI=1S/C20H20N6O4/c1-13-16(12-21-26(13)17-5-6-18(27)24-23-17)19(28)22-15-4-2-3-14(11-15)20(29)25-7-9-30-10-8-25/h2-6,11-12H,7-10H2,1H3,(H,22,28)(H,24,27). The number of amides is 2. The molecule has 0 spiro atoms. The third kappa shape index (κ3) is 3.98. The van der Waals surface area contributed by atoms with Crippen molar-refractivity contribution in [3.05, 3.63) is 69.8 Å². The lowest BCUT2D eigenvalue weighted by Gasteiger charge is -2.27. The molecule has 154 valence electrons. The van der Waals surface area contributed by atoms with E-state index in [9.17, 15) is 14.4 Å². The van der Waals surface area contributed by atoms with Gasteiger partial charge in [-0.1, -0.05) is 6.07 Å². The van der Waals surface area contributed by atoms with Gasteiger partial charge in [0.1, 0.15) is 0 Å². The zero-order valence-corrected chi connectivity index (χ0v) is 16.3. The van der Waals surface area contributed by atoms with Crippen molar-refractivity contribution in [1.82, 2.24) is 24.9 Å². The zero-order valence-electron chi connectivity index (χ0n) is 16.3. The van der Waals surface area contributed by atoms with Crippen LogP contribution in [0.4, 0.5) is 5.69 Å². The fraction of sp³-hybridized carbons (Fsp3) is 0.250. The molecular weight excluding hydrogens is 388 g/mol. The Labute approximate surface area is 171 Å². The van der Waals surface area contributed by atoms with Gasteiger partial charge < -0.3 is 15.0 Å². The number of anilines is 1. The highest BCUT2D eigenvalue weighted by molar-refractivity contribution is 6.05. The number of H-pyrrole nitrogens is 1. The molecule has 0 radical (unpaired) electrons. The summed E-state index contributed by atoms with van der Waals surface area (Å²) < 4.78 is 6.74. The first-order valence-corrected chi connectivity index (χ1v) is 9.42. The molecule has 0 aliphatic carbocycles. The lowest BCUT2D eigenvalue weighted by atomic mass is 10.1. The molecular formula is C20H20N6O4. The smallest absolute Gasteiger partial charge is 0.264 e. The molecule has 1 fully saturated rings. The van der Waals surface area contributed by atoms with Gasteiger partial charge in [0.05, 0.1) is 30.7 Å². The minimum Gasteiger partial charge on any atom is -0.378 e. The summed E-state index contributed by atoms with van der Waals surface area (Å²) in [5, 5.41) is 13.2. The monoisotopic (exact) mass is 408 g/mol. The number of carbonyl (C=O) groups is 2. The maximum absolute atomic E-state index is 12.8. The molecule has 30 heavy (non-hydrogen) atoms. The lowest BCUT2D eigenvalue weighted by molar-refractivity contribution is 0.0303. The predicted octanol–water partition coefficient (Wildman–Crippen LogP) is 0.989. The van der Waals surface area contributed by atoms with E-state index < -0.39 is 0 Å². The Morgan fingerprint density at radius 1 is 1.17 bits per heavy atom. The fourth-order valence-corrected chi connectivity index (χ4v) is 3.20. The van der Waals surface area contributed by atoms with Crippen LogP contribution in [-0.4, -0.2) is 63.0 Å². The number of hydrogen-bond donors (Lipinski definition) is 2. The molecule has 10 heteroatoms. The van der Waals surface area contributed by atoms with E-state index in [4.69, 9.17) is 4.74 Å². The molecule has 3 aromatic rings. The van der Waals surface area contributed by atoms with Crippen LogP contribution in [0.15, 0.2) is 47.4 Å². The van der Waals surface area contributed by atoms with Gasteiger partial charge in [0.15, 0.2) is 5.82 Å². The van der Waals surface area contributed by atoms with Gasteiger partial charge in [-0.25, -0.2) is 9.78 Å². The molecule has 1 aliphatic rings. The number of ether oxygens (including phenoxy) is 1. The zero-order chi connectivity index (χ0) is 21.1. The molecule has 2 amide bonds. The molecule has 0 atom stereocenters. The first-order chi connectivity index (χ1) is 14.5. The Bertz CT molecular complexity index is 1130. The number of nitrogens with one attached hydrogen (secondary N) is 2. The topological polar surface area (TPSA) is 122 Å². The minimum absolute atomic E-state index is 0.0949. The van der Waals surface area contributed by atoms with Gasteiger partial charge >= 0.3 is 0 Å². The van der Waals surface area contributed by atoms with Crippen molar-refractivity contribution < 1.29 is 14.3 Å². The number of morpholine rings is 1. The van der Waals surface area contributed by atoms with E-state index in [1.807, 2.05) is 0 Å². The van der Waals surface area contributed by atoms with E-state index in [-0.39, 0.29) is 17.4 Å². The lowest BCUT2D eigenvalue weighted by Crippen LogP contribution is -2.40. The molecule has 3 heterocycles. The number of aromatic amines is 1. The number of benzene rings is 1. The first kappa shape index (κ1) is 19.5. The van der Waals surface area contributed by atoms with Crippen LogP contribution in [0.1, 0.15) is 26.4 Å². The molecule has 4 rings (SSSR count). The molecule has 1 saturated heterocycles. The van der Waals surface area contributed by atoms with Crippen LogP contribution in [0.3, 0.4) is 0 Å². The van der Waals surface area contributed by atoms with Gasteiger partial charge in [0, 0.05) is 30.4 Å². The summed E-state index contributed by atoms with van der Waals surface area (Å²) in [6.07, 6.45) is 1.43. The highest BCUT2D eigenvalue weighted by Gasteiger charge is 2.20. The van der Waals surface area contributed by atoms with E-state index in [1.54, 1.807) is 36.1 Å². The highest BCUT2D eigenvalue weighted by Crippen LogP contribution is 2.17. The van der Waals surface area contributed by atoms with Gasteiger partial charge in [0.2, 0.25) is 0 Å². The number of rotatable bonds is 4. The van der Waals surface area contributed by atoms with Crippen LogP contribution in [0, 0.1) is 6.92 Å². The van der Waals surface area contributed by atoms with Crippen LogP contribution in [0.25, 0.3) is 5.82 Å². The third-order valence-electron chi connectivity index (χ3n) is 4.80. The molecule has 1 aromatic carbocycles. The summed E-state index contributed by atoms with van der Waals surface area (Å²) in [6, 6.07) is 9.67. The quantitative estimate of drug-likeness (QED) is 0.664. The van der Waals surface area contributed by atoms with Crippen molar-refractivity contribution in [3.8, 4) is 5.82 Å². The summed E-state index contributed by atoms with van der Waals surface area (Å²) in [5.41, 5.74) is 1.60. The Kier molecular flexibility index (Phi) is 5.40. The molecule has 0 unspecified atom stereocenters. The summed E-state index contributed by atoms with van der Waals surface area (Å²) in [6.45, 7) is 3.87. The van der Waals surface area contributed by atoms with E-state index >= 15 is 0 Å². The van der Waals surface area contributed by atoms with Gasteiger partial charge in [-0.2, -0.15) is 10.2 Å². The predicted molar refractivity (Wildman–Crippen MR) is 108 cm³/mol. The summed E-state index contributed by atoms with van der Waals surface area (Å²) >= 11 is 0. The average Bonchev–Trinajstić information content (AvgIpc) is 3.16. The molecule has 2 N–H and O–H groups in total. The molecule has 2 aromatic heterocycles. The fourth-order valence-electron chi connectivity index (χ4n) is 3.20. The van der Waals surface area contributed by atoms with Crippen LogP contribution < -0.4 is 10.9 Å². The molecule has 10 nitrogen and oxygen atoms in total. The largest absolute Gasteiger partial charge is 0.378 e. The Hall–Kier alpha value is -3.79. The van der Waals surface area contributed by atoms with Crippen LogP contribution in [0.2, 0.25) is 0 Å². The second-order valence-corrected chi connectivity index (χ2v) is 6.77. The summed E-state index contributed by atoms with van der Waals surface area (Å²) in [4.78, 5) is 38.3. The highest BCUT2D eigenvalue weighted by atomic mass is 16.5. The summed E-state index contributed by atoms with van der Waals surface area (Å²) in [7, 11) is 0. The Morgan fingerprint density at radius 3 is 2.70 bits per heavy atom. The minimum atomic E-state index is -0.362. The van der Waals surface area contributed by atoms with Crippen molar-refractivity contribution in [2.24, 2.45) is 0 Å². The first-order valence-electron chi connectivity index (χ1n) is 9.42. The molecule has 0 bridgehead atoms. The van der Waals surface area contributed by atoms with E-state index in [2.05, 4.69) is 20.6 Å². The maximum Gasteiger partial charge on any atom is 0.264 e. The SMILES string of the molecule is Cc1c(C(=O)Nc2cccc(C(=O)N3CCOCC3)c2)cnn1-c1ccc(=O)[nH]n1. The van der Waals surface area contributed by atoms with E-state index in [1.165, 1.54) is 23.0 Å². The normalized spacial score (nSPS) is 13.8. The second kappa shape index (κ2) is 8.29.